The van der Waals surface area contributed by atoms with Crippen LogP contribution >= 0.6 is 15.9 Å². The van der Waals surface area contributed by atoms with Crippen molar-refractivity contribution >= 4 is 38.4 Å². The number of nitrogens with zero attached hydrogens (tertiary/aromatic N) is 1. The van der Waals surface area contributed by atoms with Crippen LogP contribution in [0, 0.1) is 0 Å². The standard InChI is InChI=1S/C15H9BrF3N3O/c16-12-5-4-9(6-11(12)15(17,18)19)21-14(23)10-3-1-2-8-7-20-22-13(8)10/h1-7H,(H,20,22)(H,21,23). The lowest BCUT2D eigenvalue weighted by Crippen LogP contribution is -2.14. The Labute approximate surface area is 136 Å². The molecule has 0 saturated heterocycles. The van der Waals surface area contributed by atoms with Crippen LogP contribution in [-0.4, -0.2) is 16.1 Å². The maximum atomic E-state index is 12.9. The number of benzene rings is 2. The third kappa shape index (κ3) is 3.07. The summed E-state index contributed by atoms with van der Waals surface area (Å²) < 4.78 is 38.6. The van der Waals surface area contributed by atoms with Crippen LogP contribution in [0.4, 0.5) is 18.9 Å². The Morgan fingerprint density at radius 1 is 1.22 bits per heavy atom. The van der Waals surface area contributed by atoms with Crippen LogP contribution in [0.15, 0.2) is 47.1 Å². The maximum absolute atomic E-state index is 12.9. The molecule has 3 rings (SSSR count). The number of aromatic nitrogens is 2. The van der Waals surface area contributed by atoms with Crippen molar-refractivity contribution in [2.75, 3.05) is 5.32 Å². The Morgan fingerprint density at radius 2 is 2.00 bits per heavy atom. The maximum Gasteiger partial charge on any atom is 0.417 e. The van der Waals surface area contributed by atoms with Crippen LogP contribution in [0.25, 0.3) is 10.9 Å². The van der Waals surface area contributed by atoms with E-state index in [1.54, 1.807) is 24.4 Å². The van der Waals surface area contributed by atoms with E-state index in [2.05, 4.69) is 31.4 Å². The third-order valence-corrected chi connectivity index (χ3v) is 3.94. The van der Waals surface area contributed by atoms with Crippen molar-refractivity contribution in [1.29, 1.82) is 0 Å². The highest BCUT2D eigenvalue weighted by Crippen LogP contribution is 2.36. The van der Waals surface area contributed by atoms with Gasteiger partial charge in [0.25, 0.3) is 5.91 Å². The van der Waals surface area contributed by atoms with Gasteiger partial charge in [0, 0.05) is 15.5 Å². The van der Waals surface area contributed by atoms with E-state index >= 15 is 0 Å². The number of hydrogen-bond acceptors (Lipinski definition) is 2. The molecule has 1 aromatic heterocycles. The minimum absolute atomic E-state index is 0.0574. The summed E-state index contributed by atoms with van der Waals surface area (Å²) in [5, 5.41) is 9.76. The normalized spacial score (nSPS) is 11.7. The number of rotatable bonds is 2. The number of carbonyl (C=O) groups excluding carboxylic acids is 1. The topological polar surface area (TPSA) is 57.8 Å². The molecule has 0 saturated carbocycles. The SMILES string of the molecule is O=C(Nc1ccc(Br)c(C(F)(F)F)c1)c1cccc2cn[nH]c12. The zero-order chi connectivity index (χ0) is 16.6. The molecule has 2 aromatic carbocycles. The van der Waals surface area contributed by atoms with Gasteiger partial charge in [0.1, 0.15) is 0 Å². The van der Waals surface area contributed by atoms with Crippen LogP contribution < -0.4 is 5.32 Å². The Morgan fingerprint density at radius 3 is 2.74 bits per heavy atom. The number of alkyl halides is 3. The molecular formula is C15H9BrF3N3O. The fourth-order valence-corrected chi connectivity index (χ4v) is 2.65. The van der Waals surface area contributed by atoms with Crippen molar-refractivity contribution in [1.82, 2.24) is 10.2 Å². The quantitative estimate of drug-likeness (QED) is 0.679. The van der Waals surface area contributed by atoms with Gasteiger partial charge in [-0.25, -0.2) is 0 Å². The minimum Gasteiger partial charge on any atom is -0.322 e. The van der Waals surface area contributed by atoms with E-state index in [1.807, 2.05) is 0 Å². The number of anilines is 1. The number of H-pyrrole nitrogens is 1. The molecule has 118 valence electrons. The number of halogens is 4. The number of aromatic amines is 1. The molecule has 1 amide bonds. The molecule has 0 atom stereocenters. The van der Waals surface area contributed by atoms with Gasteiger partial charge < -0.3 is 5.32 Å². The fourth-order valence-electron chi connectivity index (χ4n) is 2.18. The molecule has 2 N–H and O–H groups in total. The first-order valence-electron chi connectivity index (χ1n) is 6.46. The smallest absolute Gasteiger partial charge is 0.322 e. The Balaban J connectivity index is 1.93. The molecule has 0 fully saturated rings. The Hall–Kier alpha value is -2.35. The highest BCUT2D eigenvalue weighted by molar-refractivity contribution is 9.10. The molecule has 1 heterocycles. The van der Waals surface area contributed by atoms with Crippen molar-refractivity contribution < 1.29 is 18.0 Å². The molecule has 0 radical (unpaired) electrons. The number of para-hydroxylation sites is 1. The minimum atomic E-state index is -4.51. The lowest BCUT2D eigenvalue weighted by atomic mass is 10.1. The number of fused-ring (bicyclic) bond motifs is 1. The van der Waals surface area contributed by atoms with Crippen molar-refractivity contribution in [3.8, 4) is 0 Å². The molecule has 0 spiro atoms. The molecule has 8 heteroatoms. The third-order valence-electron chi connectivity index (χ3n) is 3.25. The van der Waals surface area contributed by atoms with Gasteiger partial charge in [-0.15, -0.1) is 0 Å². The highest BCUT2D eigenvalue weighted by atomic mass is 79.9. The van der Waals surface area contributed by atoms with Crippen LogP contribution in [-0.2, 0) is 6.18 Å². The van der Waals surface area contributed by atoms with Gasteiger partial charge in [0.2, 0.25) is 0 Å². The molecule has 0 aliphatic carbocycles. The van der Waals surface area contributed by atoms with Gasteiger partial charge in [-0.1, -0.05) is 28.1 Å². The lowest BCUT2D eigenvalue weighted by molar-refractivity contribution is -0.138. The Kier molecular flexibility index (Phi) is 3.85. The summed E-state index contributed by atoms with van der Waals surface area (Å²) >= 11 is 2.86. The Bertz CT molecular complexity index is 889. The van der Waals surface area contributed by atoms with Gasteiger partial charge in [0.05, 0.1) is 22.8 Å². The lowest BCUT2D eigenvalue weighted by Gasteiger charge is -2.12. The zero-order valence-corrected chi connectivity index (χ0v) is 13.0. The molecule has 4 nitrogen and oxygen atoms in total. The van der Waals surface area contributed by atoms with E-state index in [-0.39, 0.29) is 10.2 Å². The van der Waals surface area contributed by atoms with Gasteiger partial charge in [-0.05, 0) is 24.3 Å². The van der Waals surface area contributed by atoms with E-state index in [1.165, 1.54) is 12.1 Å². The second-order valence-corrected chi connectivity index (χ2v) is 5.64. The summed E-state index contributed by atoms with van der Waals surface area (Å²) in [6.07, 6.45) is -2.95. The molecule has 3 aromatic rings. The first kappa shape index (κ1) is 15.5. The number of carbonyl (C=O) groups is 1. The highest BCUT2D eigenvalue weighted by Gasteiger charge is 2.33. The summed E-state index contributed by atoms with van der Waals surface area (Å²) in [6.45, 7) is 0. The predicted molar refractivity (Wildman–Crippen MR) is 83.2 cm³/mol. The van der Waals surface area contributed by atoms with Crippen LogP contribution in [0.5, 0.6) is 0 Å². The molecule has 23 heavy (non-hydrogen) atoms. The van der Waals surface area contributed by atoms with Gasteiger partial charge >= 0.3 is 6.18 Å². The summed E-state index contributed by atoms with van der Waals surface area (Å²) in [4.78, 5) is 12.3. The van der Waals surface area contributed by atoms with E-state index in [0.29, 0.717) is 11.1 Å². The van der Waals surface area contributed by atoms with Crippen molar-refractivity contribution in [2.45, 2.75) is 6.18 Å². The average molecular weight is 384 g/mol. The fraction of sp³-hybridized carbons (Fsp3) is 0.0667. The largest absolute Gasteiger partial charge is 0.417 e. The van der Waals surface area contributed by atoms with Crippen LogP contribution in [0.3, 0.4) is 0 Å². The van der Waals surface area contributed by atoms with E-state index < -0.39 is 17.6 Å². The molecule has 0 aliphatic heterocycles. The first-order valence-corrected chi connectivity index (χ1v) is 7.26. The first-order chi connectivity index (χ1) is 10.9. The van der Waals surface area contributed by atoms with Crippen LogP contribution in [0.2, 0.25) is 0 Å². The number of nitrogens with one attached hydrogen (secondary N) is 2. The summed E-state index contributed by atoms with van der Waals surface area (Å²) in [5.74, 6) is -0.518. The van der Waals surface area contributed by atoms with Crippen LogP contribution in [0.1, 0.15) is 15.9 Å². The summed E-state index contributed by atoms with van der Waals surface area (Å²) in [6, 6.07) is 8.54. The molecule has 0 aliphatic rings. The second-order valence-electron chi connectivity index (χ2n) is 4.79. The zero-order valence-electron chi connectivity index (χ0n) is 11.4. The monoisotopic (exact) mass is 383 g/mol. The molecular weight excluding hydrogens is 375 g/mol. The number of amides is 1. The number of hydrogen-bond donors (Lipinski definition) is 2. The van der Waals surface area contributed by atoms with Gasteiger partial charge in [0.15, 0.2) is 0 Å². The van der Waals surface area contributed by atoms with Crippen molar-refractivity contribution in [3.63, 3.8) is 0 Å². The summed E-state index contributed by atoms with van der Waals surface area (Å²) in [5.41, 5.74) is 0.0340. The van der Waals surface area contributed by atoms with E-state index in [4.69, 9.17) is 0 Å². The van der Waals surface area contributed by atoms with Crippen molar-refractivity contribution in [2.24, 2.45) is 0 Å². The molecule has 0 bridgehead atoms. The van der Waals surface area contributed by atoms with Gasteiger partial charge in [-0.2, -0.15) is 18.3 Å². The second kappa shape index (κ2) is 5.69. The van der Waals surface area contributed by atoms with Gasteiger partial charge in [-0.3, -0.25) is 9.89 Å². The van der Waals surface area contributed by atoms with E-state index in [0.717, 1.165) is 11.5 Å². The van der Waals surface area contributed by atoms with Crippen molar-refractivity contribution in [3.05, 3.63) is 58.2 Å². The molecule has 0 unspecified atom stereocenters. The summed E-state index contributed by atoms with van der Waals surface area (Å²) in [7, 11) is 0. The van der Waals surface area contributed by atoms with E-state index in [9.17, 15) is 18.0 Å². The average Bonchev–Trinajstić information content (AvgIpc) is 2.96. The predicted octanol–water partition coefficient (Wildman–Crippen LogP) is 4.60.